The molecule has 0 spiro atoms. The molecule has 9 nitrogen and oxygen atoms in total. The van der Waals surface area contributed by atoms with Crippen molar-refractivity contribution in [2.45, 2.75) is 39.7 Å². The second kappa shape index (κ2) is 11.5. The van der Waals surface area contributed by atoms with Crippen LogP contribution in [0.25, 0.3) is 0 Å². The maximum Gasteiger partial charge on any atom is 0.311 e. The van der Waals surface area contributed by atoms with Gasteiger partial charge in [0.05, 0.1) is 24.4 Å². The summed E-state index contributed by atoms with van der Waals surface area (Å²) in [4.78, 5) is 22.6. The second-order valence-corrected chi connectivity index (χ2v) is 6.74. The highest BCUT2D eigenvalue weighted by molar-refractivity contribution is 5.83. The number of methoxy groups -OCH3 is 1. The molecule has 0 bridgehead atoms. The van der Waals surface area contributed by atoms with Crippen LogP contribution in [-0.2, 0) is 11.2 Å². The van der Waals surface area contributed by atoms with Crippen LogP contribution in [0.15, 0.2) is 41.5 Å². The lowest BCUT2D eigenvalue weighted by Gasteiger charge is -2.15. The average molecular weight is 429 g/mol. The molecule has 0 saturated carbocycles. The van der Waals surface area contributed by atoms with Gasteiger partial charge < -0.3 is 14.2 Å². The quantitative estimate of drug-likeness (QED) is 0.330. The lowest BCUT2D eigenvalue weighted by Crippen LogP contribution is -2.24. The van der Waals surface area contributed by atoms with E-state index in [1.54, 1.807) is 31.4 Å². The maximum atomic E-state index is 12.0. The molecule has 2 rings (SSSR count). The Morgan fingerprint density at radius 2 is 1.94 bits per heavy atom. The molecular formula is C22H27N3O6. The SMILES string of the molecule is CCc1ccc(OCC(=O)N/N=C/c2ccc(OC(C)CC)c(OC)c2)c([N+](=O)[O-])c1. The van der Waals surface area contributed by atoms with Gasteiger partial charge in [0.25, 0.3) is 5.91 Å². The Bertz CT molecular complexity index is 945. The number of nitrogens with one attached hydrogen (secondary N) is 1. The Kier molecular flexibility index (Phi) is 8.80. The Balaban J connectivity index is 1.95. The number of aryl methyl sites for hydroxylation is 1. The number of amides is 1. The molecule has 9 heteroatoms. The van der Waals surface area contributed by atoms with E-state index in [-0.39, 0.29) is 17.5 Å². The first-order chi connectivity index (χ1) is 14.9. The van der Waals surface area contributed by atoms with Gasteiger partial charge in [-0.05, 0) is 55.2 Å². The fourth-order valence-electron chi connectivity index (χ4n) is 2.56. The van der Waals surface area contributed by atoms with E-state index in [4.69, 9.17) is 14.2 Å². The number of nitro groups is 1. The lowest BCUT2D eigenvalue weighted by atomic mass is 10.1. The van der Waals surface area contributed by atoms with E-state index in [0.717, 1.165) is 12.0 Å². The Labute approximate surface area is 181 Å². The molecule has 0 aromatic heterocycles. The molecular weight excluding hydrogens is 402 g/mol. The number of benzene rings is 2. The van der Waals surface area contributed by atoms with E-state index in [9.17, 15) is 14.9 Å². The normalized spacial score (nSPS) is 11.7. The zero-order valence-corrected chi connectivity index (χ0v) is 18.1. The highest BCUT2D eigenvalue weighted by atomic mass is 16.6. The van der Waals surface area contributed by atoms with E-state index in [2.05, 4.69) is 10.5 Å². The van der Waals surface area contributed by atoms with Crippen molar-refractivity contribution in [3.05, 3.63) is 57.6 Å². The van der Waals surface area contributed by atoms with E-state index < -0.39 is 17.4 Å². The van der Waals surface area contributed by atoms with Crippen LogP contribution in [-0.4, -0.2) is 36.9 Å². The molecule has 0 aliphatic carbocycles. The number of nitro benzene ring substituents is 1. The van der Waals surface area contributed by atoms with Crippen molar-refractivity contribution in [1.29, 1.82) is 0 Å². The minimum absolute atomic E-state index is 0.0305. The van der Waals surface area contributed by atoms with Crippen LogP contribution in [0, 0.1) is 10.1 Å². The van der Waals surface area contributed by atoms with Gasteiger partial charge in [-0.15, -0.1) is 0 Å². The number of hydrogen-bond donors (Lipinski definition) is 1. The minimum atomic E-state index is -0.547. The first kappa shape index (κ1) is 23.7. The third-order valence-corrected chi connectivity index (χ3v) is 4.48. The van der Waals surface area contributed by atoms with Crippen molar-refractivity contribution in [3.8, 4) is 17.2 Å². The lowest BCUT2D eigenvalue weighted by molar-refractivity contribution is -0.385. The van der Waals surface area contributed by atoms with Gasteiger partial charge in [-0.2, -0.15) is 5.10 Å². The van der Waals surface area contributed by atoms with Crippen molar-refractivity contribution in [2.24, 2.45) is 5.10 Å². The first-order valence-corrected chi connectivity index (χ1v) is 9.94. The molecule has 0 fully saturated rings. The molecule has 31 heavy (non-hydrogen) atoms. The van der Waals surface area contributed by atoms with Crippen molar-refractivity contribution < 1.29 is 23.9 Å². The maximum absolute atomic E-state index is 12.0. The fraction of sp³-hybridized carbons (Fsp3) is 0.364. The Morgan fingerprint density at radius 3 is 2.58 bits per heavy atom. The van der Waals surface area contributed by atoms with Crippen LogP contribution in [0.4, 0.5) is 5.69 Å². The first-order valence-electron chi connectivity index (χ1n) is 9.94. The predicted molar refractivity (Wildman–Crippen MR) is 117 cm³/mol. The van der Waals surface area contributed by atoms with Crippen LogP contribution >= 0.6 is 0 Å². The topological polar surface area (TPSA) is 112 Å². The van der Waals surface area contributed by atoms with Gasteiger partial charge in [0.1, 0.15) is 0 Å². The van der Waals surface area contributed by atoms with Gasteiger partial charge in [0, 0.05) is 6.07 Å². The Morgan fingerprint density at radius 1 is 1.19 bits per heavy atom. The highest BCUT2D eigenvalue weighted by Gasteiger charge is 2.16. The fourth-order valence-corrected chi connectivity index (χ4v) is 2.56. The second-order valence-electron chi connectivity index (χ2n) is 6.74. The number of hydrazone groups is 1. The number of ether oxygens (including phenoxy) is 3. The summed E-state index contributed by atoms with van der Waals surface area (Å²) >= 11 is 0. The molecule has 166 valence electrons. The monoisotopic (exact) mass is 429 g/mol. The smallest absolute Gasteiger partial charge is 0.311 e. The summed E-state index contributed by atoms with van der Waals surface area (Å²) in [6.45, 7) is 5.49. The molecule has 2 aromatic rings. The van der Waals surface area contributed by atoms with Crippen LogP contribution in [0.1, 0.15) is 38.3 Å². The van der Waals surface area contributed by atoms with Gasteiger partial charge in [-0.25, -0.2) is 5.43 Å². The predicted octanol–water partition coefficient (Wildman–Crippen LogP) is 3.87. The van der Waals surface area contributed by atoms with Gasteiger partial charge >= 0.3 is 5.69 Å². The van der Waals surface area contributed by atoms with E-state index in [0.29, 0.717) is 23.5 Å². The van der Waals surface area contributed by atoms with Crippen molar-refractivity contribution in [2.75, 3.05) is 13.7 Å². The van der Waals surface area contributed by atoms with Crippen molar-refractivity contribution >= 4 is 17.8 Å². The standard InChI is InChI=1S/C22H27N3O6/c1-5-15(3)31-20-10-8-17(12-21(20)29-4)13-23-24-22(26)14-30-19-9-7-16(6-2)11-18(19)25(27)28/h7-13,15H,5-6,14H2,1-4H3,(H,24,26)/b23-13+. The highest BCUT2D eigenvalue weighted by Crippen LogP contribution is 2.29. The summed E-state index contributed by atoms with van der Waals surface area (Å²) in [7, 11) is 1.55. The molecule has 1 atom stereocenters. The van der Waals surface area contributed by atoms with Gasteiger partial charge in [-0.1, -0.05) is 19.9 Å². The van der Waals surface area contributed by atoms with Crippen molar-refractivity contribution in [1.82, 2.24) is 5.43 Å². The van der Waals surface area contributed by atoms with Crippen molar-refractivity contribution in [3.63, 3.8) is 0 Å². The van der Waals surface area contributed by atoms with Gasteiger partial charge in [-0.3, -0.25) is 14.9 Å². The van der Waals surface area contributed by atoms with Gasteiger partial charge in [0.2, 0.25) is 0 Å². The van der Waals surface area contributed by atoms with E-state index in [1.165, 1.54) is 18.3 Å². The van der Waals surface area contributed by atoms with E-state index >= 15 is 0 Å². The number of carbonyl (C=O) groups is 1. The number of nitrogens with zero attached hydrogens (tertiary/aromatic N) is 2. The summed E-state index contributed by atoms with van der Waals surface area (Å²) in [5.74, 6) is 0.667. The molecule has 0 aliphatic heterocycles. The third-order valence-electron chi connectivity index (χ3n) is 4.48. The molecule has 0 saturated heterocycles. The molecule has 0 radical (unpaired) electrons. The van der Waals surface area contributed by atoms with Gasteiger partial charge in [0.15, 0.2) is 23.9 Å². The van der Waals surface area contributed by atoms with Crippen LogP contribution in [0.2, 0.25) is 0 Å². The zero-order chi connectivity index (χ0) is 22.8. The largest absolute Gasteiger partial charge is 0.493 e. The summed E-state index contributed by atoms with van der Waals surface area (Å²) in [6.07, 6.45) is 3.03. The minimum Gasteiger partial charge on any atom is -0.493 e. The van der Waals surface area contributed by atoms with E-state index in [1.807, 2.05) is 20.8 Å². The molecule has 2 aromatic carbocycles. The summed E-state index contributed by atoms with van der Waals surface area (Å²) in [5, 5.41) is 15.1. The summed E-state index contributed by atoms with van der Waals surface area (Å²) < 4.78 is 16.4. The molecule has 0 aliphatic rings. The summed E-state index contributed by atoms with van der Waals surface area (Å²) in [6, 6.07) is 9.94. The number of hydrogen-bond acceptors (Lipinski definition) is 7. The Hall–Kier alpha value is -3.62. The molecule has 0 heterocycles. The molecule has 1 N–H and O–H groups in total. The zero-order valence-electron chi connectivity index (χ0n) is 18.1. The van der Waals surface area contributed by atoms with Crippen LogP contribution in [0.5, 0.6) is 17.2 Å². The number of rotatable bonds is 11. The molecule has 1 amide bonds. The molecule has 1 unspecified atom stereocenters. The van der Waals surface area contributed by atoms with Crippen LogP contribution < -0.4 is 19.6 Å². The van der Waals surface area contributed by atoms with Crippen LogP contribution in [0.3, 0.4) is 0 Å². The number of carbonyl (C=O) groups excluding carboxylic acids is 1. The summed E-state index contributed by atoms with van der Waals surface area (Å²) in [5.41, 5.74) is 3.66. The average Bonchev–Trinajstić information content (AvgIpc) is 2.78. The third kappa shape index (κ3) is 6.98.